The van der Waals surface area contributed by atoms with Crippen LogP contribution in [0.4, 0.5) is 5.69 Å². The van der Waals surface area contributed by atoms with Gasteiger partial charge in [-0.3, -0.25) is 9.52 Å². The molecule has 0 fully saturated rings. The lowest BCUT2D eigenvalue weighted by Gasteiger charge is -2.09. The molecule has 4 aromatic rings. The number of amides is 1. The van der Waals surface area contributed by atoms with Gasteiger partial charge in [0.1, 0.15) is 10.6 Å². The van der Waals surface area contributed by atoms with Crippen molar-refractivity contribution in [2.45, 2.75) is 16.7 Å². The molecule has 9 nitrogen and oxygen atoms in total. The van der Waals surface area contributed by atoms with E-state index in [9.17, 15) is 21.6 Å². The highest BCUT2D eigenvalue weighted by molar-refractivity contribution is 7.93. The van der Waals surface area contributed by atoms with Crippen LogP contribution in [0.25, 0.3) is 16.9 Å². The zero-order valence-corrected chi connectivity index (χ0v) is 19.5. The molecule has 3 aromatic carbocycles. The molecule has 0 radical (unpaired) electrons. The molecule has 0 spiro atoms. The number of rotatable bonds is 7. The van der Waals surface area contributed by atoms with E-state index in [-0.39, 0.29) is 21.2 Å². The summed E-state index contributed by atoms with van der Waals surface area (Å²) in [7, 11) is -8.13. The molecule has 0 saturated carbocycles. The fourth-order valence-electron chi connectivity index (χ4n) is 3.22. The summed E-state index contributed by atoms with van der Waals surface area (Å²) in [6.45, 7) is 1.08. The van der Waals surface area contributed by atoms with Crippen LogP contribution in [0.2, 0.25) is 0 Å². The van der Waals surface area contributed by atoms with Crippen LogP contribution in [-0.2, 0) is 24.8 Å². The number of para-hydroxylation sites is 1. The molecular formula is C23H20N4O5S2. The van der Waals surface area contributed by atoms with Gasteiger partial charge in [-0.25, -0.2) is 26.2 Å². The summed E-state index contributed by atoms with van der Waals surface area (Å²) < 4.78 is 56.7. The molecule has 0 unspecified atom stereocenters. The molecule has 11 heteroatoms. The second kappa shape index (κ2) is 9.12. The number of sulfonamides is 2. The highest BCUT2D eigenvalue weighted by Gasteiger charge is 2.25. The minimum atomic E-state index is -4.10. The third kappa shape index (κ3) is 5.00. The minimum Gasteiger partial charge on any atom is -0.280 e. The topological polar surface area (TPSA) is 127 Å². The van der Waals surface area contributed by atoms with Gasteiger partial charge in [0.05, 0.1) is 16.8 Å². The van der Waals surface area contributed by atoms with Crippen LogP contribution >= 0.6 is 0 Å². The lowest BCUT2D eigenvalue weighted by Crippen LogP contribution is -2.28. The Morgan fingerprint density at radius 1 is 0.794 bits per heavy atom. The van der Waals surface area contributed by atoms with Crippen LogP contribution < -0.4 is 9.44 Å². The third-order valence-electron chi connectivity index (χ3n) is 4.73. The van der Waals surface area contributed by atoms with Gasteiger partial charge < -0.3 is 0 Å². The smallest absolute Gasteiger partial charge is 0.265 e. The molecule has 1 aromatic heterocycles. The predicted molar refractivity (Wildman–Crippen MR) is 127 cm³/mol. The maximum Gasteiger partial charge on any atom is 0.265 e. The van der Waals surface area contributed by atoms with Gasteiger partial charge in [-0.2, -0.15) is 5.10 Å². The van der Waals surface area contributed by atoms with E-state index < -0.39 is 26.0 Å². The summed E-state index contributed by atoms with van der Waals surface area (Å²) in [4.78, 5) is 10.9. The molecule has 34 heavy (non-hydrogen) atoms. The number of hydrogen-bond acceptors (Lipinski definition) is 6. The van der Waals surface area contributed by atoms with E-state index in [0.717, 1.165) is 6.92 Å². The highest BCUT2D eigenvalue weighted by atomic mass is 32.2. The summed E-state index contributed by atoms with van der Waals surface area (Å²) in [5.74, 6) is -0.728. The molecule has 0 aliphatic rings. The van der Waals surface area contributed by atoms with Gasteiger partial charge in [-0.1, -0.05) is 48.5 Å². The normalized spacial score (nSPS) is 11.7. The van der Waals surface area contributed by atoms with Crippen LogP contribution in [0.5, 0.6) is 0 Å². The Kier molecular flexibility index (Phi) is 6.22. The molecule has 1 heterocycles. The highest BCUT2D eigenvalue weighted by Crippen LogP contribution is 2.29. The molecule has 1 amide bonds. The van der Waals surface area contributed by atoms with E-state index in [4.69, 9.17) is 0 Å². The van der Waals surface area contributed by atoms with Gasteiger partial charge in [0.25, 0.3) is 20.0 Å². The molecule has 2 N–H and O–H groups in total. The number of carbonyl (C=O) groups is 1. The minimum absolute atomic E-state index is 0.0440. The monoisotopic (exact) mass is 496 g/mol. The maximum atomic E-state index is 13.3. The largest absolute Gasteiger partial charge is 0.280 e. The van der Waals surface area contributed by atoms with E-state index in [0.29, 0.717) is 11.3 Å². The Hall–Kier alpha value is -3.96. The molecule has 174 valence electrons. The molecule has 0 saturated heterocycles. The van der Waals surface area contributed by atoms with Crippen molar-refractivity contribution < 1.29 is 21.6 Å². The quantitative estimate of drug-likeness (QED) is 0.405. The van der Waals surface area contributed by atoms with Crippen molar-refractivity contribution in [1.29, 1.82) is 0 Å². The Morgan fingerprint density at radius 2 is 1.38 bits per heavy atom. The number of aromatic nitrogens is 2. The Balaban J connectivity index is 1.71. The van der Waals surface area contributed by atoms with Crippen molar-refractivity contribution in [1.82, 2.24) is 14.5 Å². The van der Waals surface area contributed by atoms with E-state index in [1.54, 1.807) is 36.4 Å². The molecule has 0 atom stereocenters. The summed E-state index contributed by atoms with van der Waals surface area (Å²) in [5, 5.41) is 4.51. The number of anilines is 1. The standard InChI is InChI=1S/C23H20N4O5S2/c1-17(28)25-33(29,30)21-14-12-19(13-15-21)26-34(31,32)22-16-27(20-10-6-3-7-11-20)24-23(22)18-8-4-2-5-9-18/h2-16,26H,1H3,(H,25,28). The van der Waals surface area contributed by atoms with Gasteiger partial charge >= 0.3 is 0 Å². The first-order chi connectivity index (χ1) is 16.2. The van der Waals surface area contributed by atoms with Crippen molar-refractivity contribution in [3.8, 4) is 16.9 Å². The lowest BCUT2D eigenvalue weighted by molar-refractivity contribution is -0.117. The first-order valence-electron chi connectivity index (χ1n) is 10.0. The average Bonchev–Trinajstić information content (AvgIpc) is 3.26. The van der Waals surface area contributed by atoms with Crippen LogP contribution in [0.15, 0.2) is 101 Å². The summed E-state index contributed by atoms with van der Waals surface area (Å²) in [6, 6.07) is 23.0. The second-order valence-electron chi connectivity index (χ2n) is 7.28. The van der Waals surface area contributed by atoms with Gasteiger partial charge in [-0.05, 0) is 36.4 Å². The molecule has 0 aliphatic carbocycles. The maximum absolute atomic E-state index is 13.3. The second-order valence-corrected chi connectivity index (χ2v) is 10.6. The number of benzene rings is 3. The van der Waals surface area contributed by atoms with Crippen LogP contribution in [0, 0.1) is 0 Å². The zero-order valence-electron chi connectivity index (χ0n) is 17.9. The van der Waals surface area contributed by atoms with Crippen LogP contribution in [-0.4, -0.2) is 32.5 Å². The van der Waals surface area contributed by atoms with Crippen LogP contribution in [0.3, 0.4) is 0 Å². The first kappa shape index (κ1) is 23.2. The lowest BCUT2D eigenvalue weighted by atomic mass is 10.2. The average molecular weight is 497 g/mol. The summed E-state index contributed by atoms with van der Waals surface area (Å²) in [6.07, 6.45) is 1.43. The fourth-order valence-corrected chi connectivity index (χ4v) is 5.42. The number of hydrogen-bond donors (Lipinski definition) is 2. The fraction of sp³-hybridized carbons (Fsp3) is 0.0435. The van der Waals surface area contributed by atoms with Gasteiger partial charge in [0.15, 0.2) is 0 Å². The van der Waals surface area contributed by atoms with Crippen molar-refractivity contribution >= 4 is 31.6 Å². The van der Waals surface area contributed by atoms with E-state index in [1.807, 2.05) is 29.0 Å². The summed E-state index contributed by atoms with van der Waals surface area (Å²) >= 11 is 0. The Labute approximate surface area is 197 Å². The van der Waals surface area contributed by atoms with Gasteiger partial charge in [-0.15, -0.1) is 0 Å². The Morgan fingerprint density at radius 3 is 1.97 bits per heavy atom. The first-order valence-corrected chi connectivity index (χ1v) is 13.0. The SMILES string of the molecule is CC(=O)NS(=O)(=O)c1ccc(NS(=O)(=O)c2cn(-c3ccccc3)nc2-c2ccccc2)cc1. The number of nitrogens with zero attached hydrogens (tertiary/aromatic N) is 2. The van der Waals surface area contributed by atoms with Crippen molar-refractivity contribution in [3.63, 3.8) is 0 Å². The van der Waals surface area contributed by atoms with Crippen molar-refractivity contribution in [2.24, 2.45) is 0 Å². The van der Waals surface area contributed by atoms with Crippen molar-refractivity contribution in [3.05, 3.63) is 91.1 Å². The molecular weight excluding hydrogens is 476 g/mol. The van der Waals surface area contributed by atoms with E-state index in [2.05, 4.69) is 9.82 Å². The third-order valence-corrected chi connectivity index (χ3v) is 7.56. The van der Waals surface area contributed by atoms with Gasteiger partial charge in [0.2, 0.25) is 5.91 Å². The van der Waals surface area contributed by atoms with Gasteiger partial charge in [0, 0.05) is 18.2 Å². The van der Waals surface area contributed by atoms with Crippen LogP contribution in [0.1, 0.15) is 6.92 Å². The van der Waals surface area contributed by atoms with E-state index in [1.165, 1.54) is 35.1 Å². The molecule has 0 aliphatic heterocycles. The Bertz CT molecular complexity index is 1530. The zero-order chi connectivity index (χ0) is 24.3. The van der Waals surface area contributed by atoms with Crippen molar-refractivity contribution in [2.75, 3.05) is 4.72 Å². The predicted octanol–water partition coefficient (Wildman–Crippen LogP) is 3.16. The molecule has 4 rings (SSSR count). The summed E-state index contributed by atoms with van der Waals surface area (Å²) in [5.41, 5.74) is 1.72. The molecule has 0 bridgehead atoms. The van der Waals surface area contributed by atoms with E-state index >= 15 is 0 Å². The number of carbonyl (C=O) groups excluding carboxylic acids is 1. The number of nitrogens with one attached hydrogen (secondary N) is 2.